The molecule has 2 aliphatic rings. The molecule has 1 aliphatic carbocycles. The highest BCUT2D eigenvalue weighted by Crippen LogP contribution is 2.46. The van der Waals surface area contributed by atoms with Gasteiger partial charge in [-0.3, -0.25) is 0 Å². The highest BCUT2D eigenvalue weighted by molar-refractivity contribution is 6.00. The van der Waals surface area contributed by atoms with Crippen LogP contribution in [0.15, 0.2) is 66.7 Å². The van der Waals surface area contributed by atoms with Gasteiger partial charge in [0.2, 0.25) is 0 Å². The average Bonchev–Trinajstić information content (AvgIpc) is 3.30. The zero-order valence-electron chi connectivity index (χ0n) is 19.0. The molecule has 0 radical (unpaired) electrons. The lowest BCUT2D eigenvalue weighted by molar-refractivity contribution is -0.131. The first-order valence-electron chi connectivity index (χ1n) is 11.6. The number of fused-ring (bicyclic) bond motifs is 1. The van der Waals surface area contributed by atoms with Crippen LogP contribution in [-0.2, 0) is 11.3 Å². The zero-order valence-corrected chi connectivity index (χ0v) is 19.0. The van der Waals surface area contributed by atoms with Crippen LogP contribution in [0, 0.1) is 23.1 Å². The Balaban J connectivity index is 1.73. The molecule has 1 fully saturated rings. The second kappa shape index (κ2) is 9.57. The maximum atomic E-state index is 15.4. The van der Waals surface area contributed by atoms with E-state index in [1.807, 2.05) is 42.5 Å². The number of allylic oxidation sites excluding steroid dienone is 1. The molecule has 0 saturated heterocycles. The van der Waals surface area contributed by atoms with Gasteiger partial charge in [0, 0.05) is 18.2 Å². The van der Waals surface area contributed by atoms with Crippen molar-refractivity contribution >= 4 is 28.9 Å². The van der Waals surface area contributed by atoms with E-state index in [0.717, 1.165) is 64.4 Å². The smallest absolute Gasteiger partial charge is 0.328 e. The summed E-state index contributed by atoms with van der Waals surface area (Å²) >= 11 is 0. The molecule has 0 spiro atoms. The number of benzene rings is 3. The van der Waals surface area contributed by atoms with Crippen molar-refractivity contribution in [2.75, 3.05) is 5.43 Å². The zero-order chi connectivity index (χ0) is 24.4. The molecule has 174 valence electrons. The molecular weight excluding hydrogens is 441 g/mol. The maximum Gasteiger partial charge on any atom is 0.328 e. The average molecular weight is 466 g/mol. The van der Waals surface area contributed by atoms with Crippen molar-refractivity contribution in [1.29, 1.82) is 5.26 Å². The Bertz CT molecular complexity index is 1400. The van der Waals surface area contributed by atoms with Gasteiger partial charge in [0.25, 0.3) is 0 Å². The highest BCUT2D eigenvalue weighted by Gasteiger charge is 2.29. The number of nitriles is 1. The van der Waals surface area contributed by atoms with Crippen LogP contribution in [0.2, 0.25) is 0 Å². The Labute approximate surface area is 203 Å². The summed E-state index contributed by atoms with van der Waals surface area (Å²) in [5, 5.41) is 18.2. The van der Waals surface area contributed by atoms with Crippen LogP contribution in [0.25, 0.3) is 17.2 Å². The van der Waals surface area contributed by atoms with Crippen molar-refractivity contribution in [2.24, 2.45) is 5.92 Å². The molecule has 1 saturated carbocycles. The monoisotopic (exact) mass is 465 g/mol. The molecule has 0 atom stereocenters. The number of carboxylic acid groups (broad SMARTS) is 1. The van der Waals surface area contributed by atoms with E-state index in [4.69, 9.17) is 5.11 Å². The SMILES string of the molecule is N#Cc1ccc(/C(=C(\c2ccc(/C=C/C(=O)O)cc2)c2ccc3c(c2)CNN3)C2CCC2)c(F)c1. The maximum absolute atomic E-state index is 15.4. The Morgan fingerprint density at radius 3 is 2.49 bits per heavy atom. The lowest BCUT2D eigenvalue weighted by Gasteiger charge is -2.32. The summed E-state index contributed by atoms with van der Waals surface area (Å²) in [5.74, 6) is -1.18. The van der Waals surface area contributed by atoms with Crippen LogP contribution in [0.5, 0.6) is 0 Å². The first-order valence-corrected chi connectivity index (χ1v) is 11.6. The first-order chi connectivity index (χ1) is 17.0. The van der Waals surface area contributed by atoms with Gasteiger partial charge in [-0.05, 0) is 82.5 Å². The highest BCUT2D eigenvalue weighted by atomic mass is 19.1. The molecule has 1 heterocycles. The van der Waals surface area contributed by atoms with Gasteiger partial charge < -0.3 is 10.5 Å². The van der Waals surface area contributed by atoms with Crippen LogP contribution >= 0.6 is 0 Å². The normalized spacial score (nSPS) is 15.7. The van der Waals surface area contributed by atoms with E-state index in [-0.39, 0.29) is 5.92 Å². The predicted octanol–water partition coefficient (Wildman–Crippen LogP) is 5.98. The van der Waals surface area contributed by atoms with Crippen molar-refractivity contribution < 1.29 is 14.3 Å². The third-order valence-electron chi connectivity index (χ3n) is 6.68. The molecular formula is C29H24FN3O2. The van der Waals surface area contributed by atoms with Gasteiger partial charge >= 0.3 is 5.97 Å². The van der Waals surface area contributed by atoms with Crippen LogP contribution in [0.3, 0.4) is 0 Å². The van der Waals surface area contributed by atoms with E-state index < -0.39 is 11.8 Å². The van der Waals surface area contributed by atoms with Crippen molar-refractivity contribution in [3.63, 3.8) is 0 Å². The second-order valence-electron chi connectivity index (χ2n) is 8.87. The summed E-state index contributed by atoms with van der Waals surface area (Å²) in [6, 6.07) is 20.6. The minimum absolute atomic E-state index is 0.212. The Hall–Kier alpha value is -4.21. The molecule has 3 aromatic carbocycles. The number of rotatable bonds is 6. The van der Waals surface area contributed by atoms with Crippen LogP contribution in [0.1, 0.15) is 52.6 Å². The molecule has 35 heavy (non-hydrogen) atoms. The quantitative estimate of drug-likeness (QED) is 0.308. The summed E-state index contributed by atoms with van der Waals surface area (Å²) in [7, 11) is 0. The largest absolute Gasteiger partial charge is 0.478 e. The van der Waals surface area contributed by atoms with E-state index in [1.54, 1.807) is 18.2 Å². The Morgan fingerprint density at radius 2 is 1.83 bits per heavy atom. The first kappa shape index (κ1) is 22.6. The van der Waals surface area contributed by atoms with Crippen LogP contribution in [-0.4, -0.2) is 11.1 Å². The molecule has 0 unspecified atom stereocenters. The number of hydrazine groups is 1. The van der Waals surface area contributed by atoms with Crippen molar-refractivity contribution in [3.05, 3.63) is 106 Å². The molecule has 5 rings (SSSR count). The van der Waals surface area contributed by atoms with Gasteiger partial charge in [-0.15, -0.1) is 0 Å². The number of anilines is 1. The number of nitrogens with zero attached hydrogens (tertiary/aromatic N) is 1. The minimum Gasteiger partial charge on any atom is -0.478 e. The van der Waals surface area contributed by atoms with E-state index in [0.29, 0.717) is 17.7 Å². The van der Waals surface area contributed by atoms with Crippen LogP contribution in [0.4, 0.5) is 10.1 Å². The van der Waals surface area contributed by atoms with Crippen molar-refractivity contribution in [1.82, 2.24) is 5.43 Å². The number of aliphatic carboxylic acids is 1. The van der Waals surface area contributed by atoms with Crippen molar-refractivity contribution in [3.8, 4) is 6.07 Å². The molecule has 1 aliphatic heterocycles. The fourth-order valence-corrected chi connectivity index (χ4v) is 4.72. The van der Waals surface area contributed by atoms with Crippen molar-refractivity contribution in [2.45, 2.75) is 25.8 Å². The fourth-order valence-electron chi connectivity index (χ4n) is 4.72. The van der Waals surface area contributed by atoms with E-state index in [2.05, 4.69) is 16.9 Å². The van der Waals surface area contributed by atoms with Gasteiger partial charge in [-0.25, -0.2) is 14.6 Å². The van der Waals surface area contributed by atoms with Gasteiger partial charge in [0.05, 0.1) is 17.3 Å². The van der Waals surface area contributed by atoms with Crippen LogP contribution < -0.4 is 10.9 Å². The number of hydrogen-bond acceptors (Lipinski definition) is 4. The van der Waals surface area contributed by atoms with E-state index in [1.165, 1.54) is 6.07 Å². The number of carboxylic acids is 1. The van der Waals surface area contributed by atoms with Gasteiger partial charge in [0.1, 0.15) is 5.82 Å². The molecule has 3 aromatic rings. The fraction of sp³-hybridized carbons (Fsp3) is 0.172. The van der Waals surface area contributed by atoms with Gasteiger partial charge in [-0.1, -0.05) is 42.8 Å². The summed E-state index contributed by atoms with van der Waals surface area (Å²) in [6.07, 6.45) is 5.71. The van der Waals surface area contributed by atoms with E-state index >= 15 is 4.39 Å². The van der Waals surface area contributed by atoms with Gasteiger partial charge in [-0.2, -0.15) is 5.26 Å². The Morgan fingerprint density at radius 1 is 1.06 bits per heavy atom. The molecule has 5 nitrogen and oxygen atoms in total. The third-order valence-corrected chi connectivity index (χ3v) is 6.68. The molecule has 0 bridgehead atoms. The molecule has 3 N–H and O–H groups in total. The standard InChI is InChI=1S/C29H24FN3O2/c30-25-14-19(16-31)6-11-24(25)29(20-2-1-3-20)28(22-10-12-26-23(15-22)17-32-33-26)21-8-4-18(5-9-21)7-13-27(34)35/h4-15,20,32-33H,1-3,17H2,(H,34,35)/b13-7+,29-28+. The lowest BCUT2D eigenvalue weighted by Crippen LogP contribution is -2.16. The molecule has 6 heteroatoms. The number of halogens is 1. The molecule has 0 amide bonds. The Kier molecular flexibility index (Phi) is 6.17. The minimum atomic E-state index is -1.00. The second-order valence-corrected chi connectivity index (χ2v) is 8.87. The summed E-state index contributed by atoms with van der Waals surface area (Å²) in [4.78, 5) is 10.9. The third kappa shape index (κ3) is 4.59. The number of hydrogen-bond donors (Lipinski definition) is 3. The topological polar surface area (TPSA) is 85.2 Å². The predicted molar refractivity (Wildman–Crippen MR) is 134 cm³/mol. The number of nitrogens with one attached hydrogen (secondary N) is 2. The molecule has 0 aromatic heterocycles. The number of carbonyl (C=O) groups is 1. The van der Waals surface area contributed by atoms with E-state index in [9.17, 15) is 10.1 Å². The summed E-state index contributed by atoms with van der Waals surface area (Å²) in [6.45, 7) is 0.694. The van der Waals surface area contributed by atoms with Gasteiger partial charge in [0.15, 0.2) is 0 Å². The summed E-state index contributed by atoms with van der Waals surface area (Å²) < 4.78 is 15.4. The summed E-state index contributed by atoms with van der Waals surface area (Å²) in [5.41, 5.74) is 13.9. The lowest BCUT2D eigenvalue weighted by atomic mass is 9.72.